The number of nitrogens with zero attached hydrogens (tertiary/aromatic N) is 3. The van der Waals surface area contributed by atoms with Gasteiger partial charge in [0.25, 0.3) is 0 Å². The lowest BCUT2D eigenvalue weighted by Crippen LogP contribution is -2.49. The van der Waals surface area contributed by atoms with Gasteiger partial charge in [-0.3, -0.25) is 0 Å². The average molecular weight is 924 g/mol. The highest BCUT2D eigenvalue weighted by molar-refractivity contribution is 6.71. The van der Waals surface area contributed by atoms with Crippen molar-refractivity contribution in [1.82, 2.24) is 14.5 Å². The molecular weight excluding hydrogens is 889 g/mol. The zero-order chi connectivity index (χ0) is 51.0. The maximum atomic E-state index is 7.19. The monoisotopic (exact) mass is 925 g/mol. The summed E-state index contributed by atoms with van der Waals surface area (Å²) in [5, 5.41) is 9.15. The van der Waals surface area contributed by atoms with Crippen LogP contribution in [-0.4, -0.2) is 77.3 Å². The molecule has 0 bridgehead atoms. The number of aromatic nitrogens is 3. The second-order valence-electron chi connectivity index (χ2n) is 19.6. The minimum atomic E-state index is -0.0385. The summed E-state index contributed by atoms with van der Waals surface area (Å²) in [7, 11) is 55.4. The molecule has 12 heteroatoms. The van der Waals surface area contributed by atoms with Crippen molar-refractivity contribution >= 4 is 183 Å². The Bertz CT molecular complexity index is 4500. The van der Waals surface area contributed by atoms with Crippen molar-refractivity contribution < 1.29 is 4.42 Å². The topological polar surface area (TPSA) is 43.9 Å². The molecule has 10 aromatic carbocycles. The summed E-state index contributed by atoms with van der Waals surface area (Å²) < 4.78 is 8.44. The Balaban J connectivity index is 1.24. The largest absolute Gasteiger partial charge is 0.456 e. The first-order valence-electron chi connectivity index (χ1n) is 24.5. The van der Waals surface area contributed by atoms with Crippen LogP contribution in [0.3, 0.4) is 0 Å². The van der Waals surface area contributed by atoms with Crippen molar-refractivity contribution in [1.29, 1.82) is 0 Å². The lowest BCUT2D eigenvalue weighted by atomic mass is 9.63. The standard InChI is InChI=1S/C62H35B8N3O/c1-29(2)45-58(31-16-5-4-6-17-31)71-62(38-24-14-26-44-47(38)37-22-11-12-25-43(37)74-44)72-59(45)46-30(3)15-13-23-36(46)41-27-39-34-20-9-7-18-32(34)33-19-8-10-21-35(33)40(39)28-42(41)73-60-48(50(63)52(65)54(67)56(60)69)49-51(64)53(66)55(68)57(70)61(49)73/h4-29H,1-3H3. The van der Waals surface area contributed by atoms with Gasteiger partial charge in [0, 0.05) is 49.6 Å². The molecular formula is C62H35B8N3O. The van der Waals surface area contributed by atoms with Crippen LogP contribution in [0, 0.1) is 6.92 Å². The highest BCUT2D eigenvalue weighted by Crippen LogP contribution is 2.48. The van der Waals surface area contributed by atoms with E-state index in [2.05, 4.69) is 124 Å². The molecule has 0 aliphatic heterocycles. The fourth-order valence-electron chi connectivity index (χ4n) is 11.6. The van der Waals surface area contributed by atoms with Crippen LogP contribution < -0.4 is 43.7 Å². The molecule has 0 aliphatic carbocycles. The summed E-state index contributed by atoms with van der Waals surface area (Å²) in [6.45, 7) is 6.52. The number of fused-ring (bicyclic) bond motifs is 12. The van der Waals surface area contributed by atoms with Crippen molar-refractivity contribution in [3.05, 3.63) is 163 Å². The van der Waals surface area contributed by atoms with E-state index in [-0.39, 0.29) is 49.6 Å². The van der Waals surface area contributed by atoms with Gasteiger partial charge >= 0.3 is 0 Å². The van der Waals surface area contributed by atoms with E-state index in [9.17, 15) is 0 Å². The second-order valence-corrected chi connectivity index (χ2v) is 19.6. The lowest BCUT2D eigenvalue weighted by molar-refractivity contribution is 0.669. The first-order chi connectivity index (χ1) is 35.8. The highest BCUT2D eigenvalue weighted by atomic mass is 16.3. The average Bonchev–Trinajstić information content (AvgIpc) is 4.00. The molecule has 13 aromatic rings. The Morgan fingerprint density at radius 1 is 0.419 bits per heavy atom. The van der Waals surface area contributed by atoms with Crippen LogP contribution in [0.15, 0.2) is 156 Å². The third-order valence-electron chi connectivity index (χ3n) is 15.1. The van der Waals surface area contributed by atoms with Gasteiger partial charge in [-0.05, 0) is 91.3 Å². The van der Waals surface area contributed by atoms with Gasteiger partial charge in [0.2, 0.25) is 0 Å². The maximum absolute atomic E-state index is 7.19. The predicted molar refractivity (Wildman–Crippen MR) is 320 cm³/mol. The zero-order valence-electron chi connectivity index (χ0n) is 40.9. The SMILES string of the molecule is [B]c1c([B])c([B])c2c(c1[B])c1c([B])c([B])c([B])c([B])c1n2-c1cc2c3ccccc3c3ccccc3c2cc1-c1cccc(C)c1-c1nc(-c2cccc3oc4ccccc4c23)nc(-c2ccccc2)c1C(C)C. The molecule has 0 amide bonds. The van der Waals surface area contributed by atoms with E-state index in [1.165, 1.54) is 0 Å². The number of aryl methyl sites for hydroxylation is 1. The Morgan fingerprint density at radius 2 is 0.905 bits per heavy atom. The lowest BCUT2D eigenvalue weighted by Gasteiger charge is -2.25. The molecule has 0 fully saturated rings. The van der Waals surface area contributed by atoms with Crippen molar-refractivity contribution in [2.24, 2.45) is 0 Å². The summed E-state index contributed by atoms with van der Waals surface area (Å²) in [5.41, 5.74) is 12.3. The molecule has 13 rings (SSSR count). The summed E-state index contributed by atoms with van der Waals surface area (Å²) in [4.78, 5) is 11.3. The molecule has 0 aliphatic rings. The summed E-state index contributed by atoms with van der Waals surface area (Å²) in [6, 6.07) is 52.2. The molecule has 16 radical (unpaired) electrons. The van der Waals surface area contributed by atoms with E-state index in [1.54, 1.807) is 0 Å². The molecule has 4 nitrogen and oxygen atoms in total. The van der Waals surface area contributed by atoms with Gasteiger partial charge in [0.1, 0.15) is 73.9 Å². The van der Waals surface area contributed by atoms with Crippen LogP contribution in [0.25, 0.3) is 127 Å². The van der Waals surface area contributed by atoms with Gasteiger partial charge in [-0.15, -0.1) is 21.9 Å². The molecule has 0 saturated carbocycles. The predicted octanol–water partition coefficient (Wildman–Crippen LogP) is 7.38. The van der Waals surface area contributed by atoms with Crippen LogP contribution in [0.5, 0.6) is 0 Å². The fourth-order valence-corrected chi connectivity index (χ4v) is 11.6. The van der Waals surface area contributed by atoms with Gasteiger partial charge < -0.3 is 8.98 Å². The molecule has 328 valence electrons. The number of furan rings is 1. The van der Waals surface area contributed by atoms with E-state index >= 15 is 0 Å². The Kier molecular flexibility index (Phi) is 10.7. The van der Waals surface area contributed by atoms with Crippen LogP contribution in [0.2, 0.25) is 0 Å². The zero-order valence-corrected chi connectivity index (χ0v) is 40.9. The van der Waals surface area contributed by atoms with Crippen molar-refractivity contribution in [3.63, 3.8) is 0 Å². The Morgan fingerprint density at radius 3 is 1.51 bits per heavy atom. The smallest absolute Gasteiger partial charge is 0.161 e. The molecule has 0 N–H and O–H groups in total. The normalized spacial score (nSPS) is 12.0. The maximum Gasteiger partial charge on any atom is 0.161 e. The highest BCUT2D eigenvalue weighted by Gasteiger charge is 2.29. The van der Waals surface area contributed by atoms with E-state index in [1.807, 2.05) is 53.1 Å². The summed E-state index contributed by atoms with van der Waals surface area (Å²) in [5.74, 6) is 0.518. The van der Waals surface area contributed by atoms with Crippen LogP contribution in [-0.2, 0) is 0 Å². The number of rotatable bonds is 6. The second kappa shape index (κ2) is 17.1. The van der Waals surface area contributed by atoms with E-state index in [0.717, 1.165) is 105 Å². The van der Waals surface area contributed by atoms with Crippen LogP contribution >= 0.6 is 0 Å². The van der Waals surface area contributed by atoms with Crippen LogP contribution in [0.4, 0.5) is 0 Å². The van der Waals surface area contributed by atoms with Gasteiger partial charge in [-0.1, -0.05) is 163 Å². The first kappa shape index (κ1) is 46.0. The first-order valence-corrected chi connectivity index (χ1v) is 24.5. The Hall–Kier alpha value is -7.82. The summed E-state index contributed by atoms with van der Waals surface area (Å²) in [6.07, 6.45) is 0. The van der Waals surface area contributed by atoms with E-state index in [4.69, 9.17) is 77.2 Å². The van der Waals surface area contributed by atoms with E-state index in [0.29, 0.717) is 33.3 Å². The third kappa shape index (κ3) is 6.59. The fraction of sp³-hybridized carbons (Fsp3) is 0.0645. The third-order valence-corrected chi connectivity index (χ3v) is 15.1. The minimum Gasteiger partial charge on any atom is -0.456 e. The minimum absolute atomic E-state index is 0.0385. The van der Waals surface area contributed by atoms with Crippen LogP contribution in [0.1, 0.15) is 30.9 Å². The number of hydrogen-bond acceptors (Lipinski definition) is 3. The molecule has 74 heavy (non-hydrogen) atoms. The number of hydrogen-bond donors (Lipinski definition) is 0. The van der Waals surface area contributed by atoms with Crippen molar-refractivity contribution in [3.8, 4) is 50.7 Å². The van der Waals surface area contributed by atoms with Crippen molar-refractivity contribution in [2.45, 2.75) is 26.7 Å². The van der Waals surface area contributed by atoms with Gasteiger partial charge in [-0.25, -0.2) is 9.97 Å². The molecule has 0 spiro atoms. The molecule has 0 saturated heterocycles. The quantitative estimate of drug-likeness (QED) is 0.129. The molecule has 0 unspecified atom stereocenters. The molecule has 0 atom stereocenters. The van der Waals surface area contributed by atoms with Crippen molar-refractivity contribution in [2.75, 3.05) is 0 Å². The Labute approximate surface area is 439 Å². The number of benzene rings is 10. The van der Waals surface area contributed by atoms with Gasteiger partial charge in [0.15, 0.2) is 5.82 Å². The van der Waals surface area contributed by atoms with E-state index < -0.39 is 0 Å². The number of para-hydroxylation sites is 1. The molecule has 3 heterocycles. The summed E-state index contributed by atoms with van der Waals surface area (Å²) >= 11 is 0. The molecule has 3 aromatic heterocycles. The van der Waals surface area contributed by atoms with Gasteiger partial charge in [-0.2, -0.15) is 0 Å². The van der Waals surface area contributed by atoms with Gasteiger partial charge in [0.05, 0.1) is 17.1 Å².